The average molecular weight is 291 g/mol. The van der Waals surface area contributed by atoms with Crippen molar-refractivity contribution in [1.29, 1.82) is 0 Å². The Bertz CT molecular complexity index is 499. The first kappa shape index (κ1) is 17.2. The predicted octanol–water partition coefficient (Wildman–Crippen LogP) is 3.72. The maximum Gasteiger partial charge on any atom is 0.336 e. The fourth-order valence-corrected chi connectivity index (χ4v) is 2.25. The van der Waals surface area contributed by atoms with Crippen LogP contribution in [0.5, 0.6) is 0 Å². The number of amides is 1. The summed E-state index contributed by atoms with van der Waals surface area (Å²) in [6, 6.07) is 6.30. The Kier molecular flexibility index (Phi) is 6.40. The van der Waals surface area contributed by atoms with Crippen molar-refractivity contribution in [3.8, 4) is 0 Å². The lowest BCUT2D eigenvalue weighted by Gasteiger charge is -2.28. The van der Waals surface area contributed by atoms with Crippen LogP contribution in [0.2, 0.25) is 0 Å². The maximum atomic E-state index is 12.2. The Morgan fingerprint density at radius 1 is 1.19 bits per heavy atom. The molecule has 1 atom stereocenters. The van der Waals surface area contributed by atoms with E-state index in [1.165, 1.54) is 6.07 Å². The van der Waals surface area contributed by atoms with Gasteiger partial charge < -0.3 is 10.4 Å². The minimum Gasteiger partial charge on any atom is -0.478 e. The van der Waals surface area contributed by atoms with E-state index in [9.17, 15) is 9.59 Å². The summed E-state index contributed by atoms with van der Waals surface area (Å²) in [6.07, 6.45) is 4.30. The number of carbonyl (C=O) groups excluding carboxylic acids is 1. The molecule has 0 aliphatic carbocycles. The normalized spacial score (nSPS) is 13.5. The van der Waals surface area contributed by atoms with Crippen molar-refractivity contribution in [3.05, 3.63) is 35.4 Å². The Hall–Kier alpha value is -1.84. The van der Waals surface area contributed by atoms with Crippen LogP contribution in [0.1, 0.15) is 67.2 Å². The van der Waals surface area contributed by atoms with Crippen LogP contribution in [0.25, 0.3) is 0 Å². The fraction of sp³-hybridized carbons (Fsp3) is 0.529. The lowest BCUT2D eigenvalue weighted by Crippen LogP contribution is -2.36. The van der Waals surface area contributed by atoms with Crippen LogP contribution in [0.15, 0.2) is 24.3 Å². The summed E-state index contributed by atoms with van der Waals surface area (Å²) in [6.45, 7) is 6.99. The molecule has 0 heterocycles. The highest BCUT2D eigenvalue weighted by Gasteiger charge is 2.23. The van der Waals surface area contributed by atoms with Gasteiger partial charge in [0, 0.05) is 6.54 Å². The Morgan fingerprint density at radius 3 is 2.33 bits per heavy atom. The number of carbonyl (C=O) groups is 2. The lowest BCUT2D eigenvalue weighted by molar-refractivity contribution is 0.0690. The van der Waals surface area contributed by atoms with E-state index in [1.54, 1.807) is 18.2 Å². The van der Waals surface area contributed by atoms with Gasteiger partial charge in [-0.15, -0.1) is 0 Å². The molecule has 0 aromatic heterocycles. The Morgan fingerprint density at radius 2 is 1.81 bits per heavy atom. The Balaban J connectivity index is 2.75. The van der Waals surface area contributed by atoms with Gasteiger partial charge in [-0.25, -0.2) is 4.79 Å². The third-order valence-electron chi connectivity index (χ3n) is 4.07. The molecule has 1 amide bonds. The van der Waals surface area contributed by atoms with Crippen molar-refractivity contribution in [3.63, 3.8) is 0 Å². The molecule has 4 nitrogen and oxygen atoms in total. The molecule has 1 rings (SSSR count). The van der Waals surface area contributed by atoms with Gasteiger partial charge in [0.2, 0.25) is 0 Å². The van der Waals surface area contributed by atoms with E-state index in [0.29, 0.717) is 6.54 Å². The highest BCUT2D eigenvalue weighted by molar-refractivity contribution is 6.04. The third kappa shape index (κ3) is 4.88. The van der Waals surface area contributed by atoms with E-state index in [2.05, 4.69) is 26.1 Å². The van der Waals surface area contributed by atoms with Gasteiger partial charge >= 0.3 is 5.97 Å². The van der Waals surface area contributed by atoms with Crippen LogP contribution in [-0.2, 0) is 0 Å². The zero-order chi connectivity index (χ0) is 15.9. The number of hydrogen-bond acceptors (Lipinski definition) is 2. The van der Waals surface area contributed by atoms with Gasteiger partial charge in [0.05, 0.1) is 11.1 Å². The number of rotatable bonds is 8. The summed E-state index contributed by atoms with van der Waals surface area (Å²) in [7, 11) is 0. The number of aromatic carboxylic acids is 1. The summed E-state index contributed by atoms with van der Waals surface area (Å²) >= 11 is 0. The quantitative estimate of drug-likeness (QED) is 0.767. The van der Waals surface area contributed by atoms with E-state index in [4.69, 9.17) is 5.11 Å². The lowest BCUT2D eigenvalue weighted by atomic mass is 9.82. The molecular weight excluding hydrogens is 266 g/mol. The molecule has 1 aromatic rings. The fourth-order valence-electron chi connectivity index (χ4n) is 2.25. The minimum absolute atomic E-state index is 0.0433. The summed E-state index contributed by atoms with van der Waals surface area (Å²) in [5.41, 5.74) is 0.324. The van der Waals surface area contributed by atoms with Crippen LogP contribution in [0.4, 0.5) is 0 Å². The topological polar surface area (TPSA) is 66.4 Å². The van der Waals surface area contributed by atoms with Crippen LogP contribution < -0.4 is 5.32 Å². The second-order valence-electron chi connectivity index (χ2n) is 5.80. The van der Waals surface area contributed by atoms with Gasteiger partial charge in [-0.2, -0.15) is 0 Å². The Labute approximate surface area is 126 Å². The first-order chi connectivity index (χ1) is 9.93. The van der Waals surface area contributed by atoms with E-state index in [1.807, 2.05) is 0 Å². The van der Waals surface area contributed by atoms with Crippen molar-refractivity contribution < 1.29 is 14.7 Å². The predicted molar refractivity (Wildman–Crippen MR) is 83.7 cm³/mol. The molecule has 0 radical (unpaired) electrons. The number of unbranched alkanes of at least 4 members (excludes halogenated alkanes) is 1. The van der Waals surface area contributed by atoms with Crippen LogP contribution in [-0.4, -0.2) is 23.5 Å². The summed E-state index contributed by atoms with van der Waals surface area (Å²) in [5.74, 6) is -1.39. The van der Waals surface area contributed by atoms with Crippen LogP contribution >= 0.6 is 0 Å². The average Bonchev–Trinajstić information content (AvgIpc) is 2.50. The molecule has 116 valence electrons. The summed E-state index contributed by atoms with van der Waals surface area (Å²) in [4.78, 5) is 23.4. The monoisotopic (exact) mass is 291 g/mol. The number of carboxylic acids is 1. The standard InChI is InChI=1S/C17H25NO3/c1-4-6-11-17(3,5-2)12-18-15(19)13-9-7-8-10-14(13)16(20)21/h7-10H,4-6,11-12H2,1-3H3,(H,18,19)(H,20,21). The zero-order valence-electron chi connectivity index (χ0n) is 13.1. The van der Waals surface area contributed by atoms with E-state index in [0.717, 1.165) is 25.7 Å². The molecule has 0 fully saturated rings. The molecule has 2 N–H and O–H groups in total. The second kappa shape index (κ2) is 7.81. The highest BCUT2D eigenvalue weighted by atomic mass is 16.4. The largest absolute Gasteiger partial charge is 0.478 e. The molecule has 0 saturated carbocycles. The number of carboxylic acid groups (broad SMARTS) is 1. The van der Waals surface area contributed by atoms with Crippen molar-refractivity contribution in [1.82, 2.24) is 5.32 Å². The maximum absolute atomic E-state index is 12.2. The summed E-state index contributed by atoms with van der Waals surface area (Å²) < 4.78 is 0. The molecule has 0 aliphatic rings. The molecule has 4 heteroatoms. The molecule has 21 heavy (non-hydrogen) atoms. The first-order valence-electron chi connectivity index (χ1n) is 7.54. The summed E-state index contributed by atoms with van der Waals surface area (Å²) in [5, 5.41) is 12.0. The highest BCUT2D eigenvalue weighted by Crippen LogP contribution is 2.27. The van der Waals surface area contributed by atoms with Gasteiger partial charge in [0.25, 0.3) is 5.91 Å². The van der Waals surface area contributed by atoms with E-state index in [-0.39, 0.29) is 22.4 Å². The molecule has 0 spiro atoms. The van der Waals surface area contributed by atoms with Gasteiger partial charge in [-0.3, -0.25) is 4.79 Å². The van der Waals surface area contributed by atoms with E-state index >= 15 is 0 Å². The van der Waals surface area contributed by atoms with Crippen LogP contribution in [0.3, 0.4) is 0 Å². The number of nitrogens with one attached hydrogen (secondary N) is 1. The zero-order valence-corrected chi connectivity index (χ0v) is 13.1. The van der Waals surface area contributed by atoms with Crippen molar-refractivity contribution in [2.24, 2.45) is 5.41 Å². The molecule has 1 unspecified atom stereocenters. The van der Waals surface area contributed by atoms with Crippen molar-refractivity contribution in [2.45, 2.75) is 46.5 Å². The molecular formula is C17H25NO3. The second-order valence-corrected chi connectivity index (χ2v) is 5.80. The molecule has 0 aliphatic heterocycles. The van der Waals surface area contributed by atoms with Gasteiger partial charge in [-0.1, -0.05) is 45.7 Å². The SMILES string of the molecule is CCCCC(C)(CC)CNC(=O)c1ccccc1C(=O)O. The smallest absolute Gasteiger partial charge is 0.336 e. The van der Waals surface area contributed by atoms with Gasteiger partial charge in [0.15, 0.2) is 0 Å². The third-order valence-corrected chi connectivity index (χ3v) is 4.07. The number of hydrogen-bond donors (Lipinski definition) is 2. The number of benzene rings is 1. The minimum atomic E-state index is -1.08. The van der Waals surface area contributed by atoms with E-state index < -0.39 is 5.97 Å². The van der Waals surface area contributed by atoms with Gasteiger partial charge in [-0.05, 0) is 30.4 Å². The van der Waals surface area contributed by atoms with Crippen molar-refractivity contribution in [2.75, 3.05) is 6.54 Å². The van der Waals surface area contributed by atoms with Crippen LogP contribution in [0, 0.1) is 5.41 Å². The van der Waals surface area contributed by atoms with Gasteiger partial charge in [0.1, 0.15) is 0 Å². The van der Waals surface area contributed by atoms with Crippen molar-refractivity contribution >= 4 is 11.9 Å². The first-order valence-corrected chi connectivity index (χ1v) is 7.54. The molecule has 0 bridgehead atoms. The molecule has 1 aromatic carbocycles. The molecule has 0 saturated heterocycles.